The van der Waals surface area contributed by atoms with Gasteiger partial charge in [0.05, 0.1) is 0 Å². The van der Waals surface area contributed by atoms with E-state index in [1.54, 1.807) is 0 Å². The fraction of sp³-hybridized carbons (Fsp3) is 0. The van der Waals surface area contributed by atoms with Crippen LogP contribution in [0.1, 0.15) is 0 Å². The summed E-state index contributed by atoms with van der Waals surface area (Å²) in [7, 11) is 4.77. The van der Waals surface area contributed by atoms with Crippen molar-refractivity contribution in [2.24, 2.45) is 0 Å². The number of halogens is 2. The van der Waals surface area contributed by atoms with E-state index in [0.29, 0.717) is 0 Å². The molecule has 0 fully saturated rings. The first-order valence-corrected chi connectivity index (χ1v) is 7.62. The van der Waals surface area contributed by atoms with Crippen molar-refractivity contribution >= 4 is 40.9 Å². The molecule has 4 nitrogen and oxygen atoms in total. The third-order valence-electron chi connectivity index (χ3n) is 0.829. The number of hydrogen-bond donors (Lipinski definition) is 0. The molecule has 7 heteroatoms. The third kappa shape index (κ3) is 1.51. The zero-order valence-electron chi connectivity index (χ0n) is 5.05. The van der Waals surface area contributed by atoms with Crippen molar-refractivity contribution in [3.05, 3.63) is 0 Å². The Bertz CT molecular complexity index is 205. The first-order valence-electron chi connectivity index (χ1n) is 2.03. The Kier molecular flexibility index (Phi) is 2.09. The molecule has 0 bridgehead atoms. The summed E-state index contributed by atoms with van der Waals surface area (Å²) in [5, 5.41) is -1.13. The number of carbonyl (C=O) groups is 4. The van der Waals surface area contributed by atoms with Gasteiger partial charge in [0.2, 0.25) is 0 Å². The van der Waals surface area contributed by atoms with Crippen LogP contribution in [0.3, 0.4) is 0 Å². The first kappa shape index (κ1) is 10.8. The first-order chi connectivity index (χ1) is 4.80. The molecule has 0 spiro atoms. The molecule has 0 aliphatic carbocycles. The van der Waals surface area contributed by atoms with E-state index in [0.717, 1.165) is 0 Å². The van der Waals surface area contributed by atoms with E-state index < -0.39 is 8.91 Å². The molecule has 66 valence electrons. The summed E-state index contributed by atoms with van der Waals surface area (Å²) in [6, 6.07) is 0. The van der Waals surface area contributed by atoms with E-state index in [1.165, 1.54) is 0 Å². The van der Waals surface area contributed by atoms with E-state index >= 15 is 0 Å². The molecule has 0 heterocycles. The normalized spacial score (nSPS) is 17.3. The quantitative estimate of drug-likeness (QED) is 0.525. The van der Waals surface area contributed by atoms with Crippen molar-refractivity contribution in [1.29, 1.82) is 0 Å². The monoisotopic (exact) mass is 242 g/mol. The van der Waals surface area contributed by atoms with Crippen LogP contribution in [0.4, 0.5) is 0 Å². The van der Waals surface area contributed by atoms with Crippen LogP contribution >= 0.6 is 20.2 Å². The standard InChI is InChI=1S/4CHO.2ClH.Fe/c4*1-2;;;/h4*1H;2*1H;/q;;;;;;+2/p-2. The molecule has 0 rings (SSSR count). The maximum absolute atomic E-state index is 10.3. The maximum atomic E-state index is 10.3. The summed E-state index contributed by atoms with van der Waals surface area (Å²) in [4.78, 5) is 41.1. The Morgan fingerprint density at radius 2 is 0.909 bits per heavy atom. The molecule has 0 unspecified atom stereocenters. The molecule has 0 radical (unpaired) electrons. The number of hydrogen-bond acceptors (Lipinski definition) is 4. The molecule has 0 saturated carbocycles. The summed E-state index contributed by atoms with van der Waals surface area (Å²) >= 11 is 0. The molecule has 0 atom stereocenters. The minimum absolute atomic E-state index is 0.282. The van der Waals surface area contributed by atoms with Gasteiger partial charge < -0.3 is 0 Å². The van der Waals surface area contributed by atoms with Gasteiger partial charge in [0, 0.05) is 0 Å². The molecule has 0 N–H and O–H groups in total. The molecule has 0 aliphatic heterocycles. The molecular formula is C4H4Cl2FeO4. The van der Waals surface area contributed by atoms with Gasteiger partial charge in [0.1, 0.15) is 0 Å². The zero-order valence-corrected chi connectivity index (χ0v) is 7.67. The average Bonchev–Trinajstić information content (AvgIpc) is 2.07. The second-order valence-electron chi connectivity index (χ2n) is 1.71. The Hall–Kier alpha value is -0.221. The van der Waals surface area contributed by atoms with Crippen LogP contribution in [0, 0.1) is 0 Å². The SMILES string of the molecule is O=[CH][Fe]([Cl])([Cl])([CH]=O)([CH]=O)[CH]=O. The second kappa shape index (κ2) is 2.14. The molecule has 0 aliphatic rings. The second-order valence-corrected chi connectivity index (χ2v) is 13.8. The van der Waals surface area contributed by atoms with E-state index in [-0.39, 0.29) is 20.7 Å². The predicted molar refractivity (Wildman–Crippen MR) is 38.7 cm³/mol. The van der Waals surface area contributed by atoms with E-state index in [4.69, 9.17) is 20.2 Å². The van der Waals surface area contributed by atoms with Gasteiger partial charge in [-0.1, -0.05) is 0 Å². The Balaban J connectivity index is 5.80. The van der Waals surface area contributed by atoms with Crippen molar-refractivity contribution in [3.63, 3.8) is 0 Å². The van der Waals surface area contributed by atoms with Gasteiger partial charge in [-0.2, -0.15) is 0 Å². The van der Waals surface area contributed by atoms with Gasteiger partial charge in [-0.3, -0.25) is 0 Å². The van der Waals surface area contributed by atoms with Crippen molar-refractivity contribution in [1.82, 2.24) is 0 Å². The Morgan fingerprint density at radius 3 is 0.909 bits per heavy atom. The van der Waals surface area contributed by atoms with Crippen LogP contribution in [0.25, 0.3) is 0 Å². The van der Waals surface area contributed by atoms with Crippen LogP contribution in [-0.2, 0) is 28.1 Å². The van der Waals surface area contributed by atoms with Crippen molar-refractivity contribution in [2.75, 3.05) is 0 Å². The van der Waals surface area contributed by atoms with Crippen molar-refractivity contribution in [2.45, 2.75) is 0 Å². The summed E-state index contributed by atoms with van der Waals surface area (Å²) in [6.07, 6.45) is 0. The van der Waals surface area contributed by atoms with Gasteiger partial charge in [0.25, 0.3) is 0 Å². The summed E-state index contributed by atoms with van der Waals surface area (Å²) in [5.74, 6) is 0. The number of carbonyl (C=O) groups excluding carboxylic acids is 4. The zero-order chi connectivity index (χ0) is 9.24. The van der Waals surface area contributed by atoms with Crippen LogP contribution in [0.15, 0.2) is 0 Å². The molecule has 0 saturated heterocycles. The van der Waals surface area contributed by atoms with Gasteiger partial charge >= 0.3 is 69.0 Å². The van der Waals surface area contributed by atoms with Crippen LogP contribution in [0.2, 0.25) is 0 Å². The van der Waals surface area contributed by atoms with Crippen LogP contribution in [-0.4, -0.2) is 20.7 Å². The molecular weight excluding hydrogens is 239 g/mol. The fourth-order valence-electron chi connectivity index (χ4n) is 0.118. The molecule has 0 aromatic rings. The van der Waals surface area contributed by atoms with Gasteiger partial charge in [0.15, 0.2) is 0 Å². The van der Waals surface area contributed by atoms with Crippen LogP contribution in [0.5, 0.6) is 0 Å². The fourth-order valence-corrected chi connectivity index (χ4v) is 0.486. The third-order valence-corrected chi connectivity index (χ3v) is 5.50. The Morgan fingerprint density at radius 1 is 0.727 bits per heavy atom. The average molecular weight is 243 g/mol. The van der Waals surface area contributed by atoms with Crippen molar-refractivity contribution < 1.29 is 28.1 Å². The Labute approximate surface area is 69.2 Å². The van der Waals surface area contributed by atoms with E-state index in [1.807, 2.05) is 0 Å². The van der Waals surface area contributed by atoms with E-state index in [9.17, 15) is 19.2 Å². The van der Waals surface area contributed by atoms with Crippen LogP contribution < -0.4 is 0 Å². The minimum atomic E-state index is -5.69. The van der Waals surface area contributed by atoms with Gasteiger partial charge in [-0.15, -0.1) is 0 Å². The topological polar surface area (TPSA) is 68.3 Å². The summed E-state index contributed by atoms with van der Waals surface area (Å²) in [5.41, 5.74) is 0. The summed E-state index contributed by atoms with van der Waals surface area (Å²) in [6.45, 7) is 0. The van der Waals surface area contributed by atoms with Gasteiger partial charge in [-0.05, 0) is 0 Å². The molecule has 0 amide bonds. The molecule has 0 aromatic heterocycles. The van der Waals surface area contributed by atoms with Crippen molar-refractivity contribution in [3.8, 4) is 0 Å². The molecule has 0 aromatic carbocycles. The van der Waals surface area contributed by atoms with E-state index in [2.05, 4.69) is 0 Å². The van der Waals surface area contributed by atoms with Gasteiger partial charge in [-0.25, -0.2) is 0 Å². The predicted octanol–water partition coefficient (Wildman–Crippen LogP) is 0.280. The summed E-state index contributed by atoms with van der Waals surface area (Å²) < 4.78 is 0. The number of rotatable bonds is 4. The molecule has 11 heavy (non-hydrogen) atoms.